The summed E-state index contributed by atoms with van der Waals surface area (Å²) in [6, 6.07) is 10.0. The lowest BCUT2D eigenvalue weighted by molar-refractivity contribution is -0.274. The number of nitrogens with one attached hydrogen (secondary N) is 1. The second-order valence-corrected chi connectivity index (χ2v) is 6.65. The van der Waals surface area contributed by atoms with E-state index in [4.69, 9.17) is 4.74 Å². The van der Waals surface area contributed by atoms with Gasteiger partial charge in [-0.2, -0.15) is 18.3 Å². The molecule has 33 heavy (non-hydrogen) atoms. The Kier molecular flexibility index (Phi) is 6.38. The fourth-order valence-electron chi connectivity index (χ4n) is 2.85. The Hall–Kier alpha value is -3.96. The van der Waals surface area contributed by atoms with Gasteiger partial charge in [0.15, 0.2) is 11.4 Å². The van der Waals surface area contributed by atoms with Crippen LogP contribution in [0.3, 0.4) is 0 Å². The van der Waals surface area contributed by atoms with E-state index in [0.717, 1.165) is 24.3 Å². The minimum Gasteiger partial charge on any atom is -0.406 e. The van der Waals surface area contributed by atoms with Crippen molar-refractivity contribution < 1.29 is 40.6 Å². The van der Waals surface area contributed by atoms with Crippen molar-refractivity contribution in [3.63, 3.8) is 0 Å². The van der Waals surface area contributed by atoms with Crippen LogP contribution in [0.15, 0.2) is 61.3 Å². The van der Waals surface area contributed by atoms with Gasteiger partial charge in [0.1, 0.15) is 5.75 Å². The van der Waals surface area contributed by atoms with E-state index in [2.05, 4.69) is 21.7 Å². The number of benzene rings is 2. The van der Waals surface area contributed by atoms with Gasteiger partial charge in [0.25, 0.3) is 0 Å². The van der Waals surface area contributed by atoms with E-state index in [1.165, 1.54) is 6.07 Å². The van der Waals surface area contributed by atoms with Gasteiger partial charge >= 0.3 is 18.6 Å². The van der Waals surface area contributed by atoms with Crippen molar-refractivity contribution in [3.8, 4) is 17.2 Å². The Bertz CT molecular complexity index is 1170. The van der Waals surface area contributed by atoms with Crippen LogP contribution >= 0.6 is 0 Å². The lowest BCUT2D eigenvalue weighted by Crippen LogP contribution is -2.20. The monoisotopic (exact) mass is 471 g/mol. The smallest absolute Gasteiger partial charge is 0.406 e. The molecule has 0 unspecified atom stereocenters. The molecule has 6 nitrogen and oxygen atoms in total. The molecule has 3 rings (SSSR count). The highest BCUT2D eigenvalue weighted by Gasteiger charge is 2.40. The first-order valence-electron chi connectivity index (χ1n) is 9.10. The van der Waals surface area contributed by atoms with Gasteiger partial charge in [0, 0.05) is 5.56 Å². The van der Waals surface area contributed by atoms with Crippen molar-refractivity contribution in [2.24, 2.45) is 0 Å². The van der Waals surface area contributed by atoms with E-state index in [0.29, 0.717) is 22.0 Å². The average Bonchev–Trinajstić information content (AvgIpc) is 3.11. The predicted molar refractivity (Wildman–Crippen MR) is 106 cm³/mol. The van der Waals surface area contributed by atoms with Crippen molar-refractivity contribution in [1.82, 2.24) is 9.78 Å². The molecule has 1 aromatic heterocycles. The lowest BCUT2D eigenvalue weighted by atomic mass is 10.1. The van der Waals surface area contributed by atoms with Gasteiger partial charge in [-0.15, -0.1) is 13.2 Å². The summed E-state index contributed by atoms with van der Waals surface area (Å²) in [5, 5.41) is 5.93. The summed E-state index contributed by atoms with van der Waals surface area (Å²) in [5.74, 6) is -1.53. The topological polar surface area (TPSA) is 65.4 Å². The summed E-state index contributed by atoms with van der Waals surface area (Å²) in [7, 11) is 0. The molecule has 0 bridgehead atoms. The van der Waals surface area contributed by atoms with Crippen LogP contribution in [-0.4, -0.2) is 22.2 Å². The van der Waals surface area contributed by atoms with Crippen LogP contribution in [0.5, 0.6) is 11.5 Å². The van der Waals surface area contributed by atoms with E-state index in [1.807, 2.05) is 0 Å². The second kappa shape index (κ2) is 8.88. The molecule has 1 amide bonds. The molecule has 0 saturated heterocycles. The largest absolute Gasteiger partial charge is 0.573 e. The molecule has 0 saturated carbocycles. The summed E-state index contributed by atoms with van der Waals surface area (Å²) < 4.78 is 87.0. The van der Waals surface area contributed by atoms with Gasteiger partial charge in [-0.05, 0) is 42.8 Å². The number of para-hydroxylation sites is 1. The molecule has 1 heterocycles. The second-order valence-electron chi connectivity index (χ2n) is 6.65. The number of carbonyl (C=O) groups excluding carboxylic acids is 1. The maximum absolute atomic E-state index is 13.7. The number of alkyl halides is 6. The van der Waals surface area contributed by atoms with Crippen molar-refractivity contribution in [2.45, 2.75) is 19.5 Å². The number of ether oxygens (including phenoxy) is 2. The number of carbonyl (C=O) groups is 1. The molecular formula is C21H15F6N3O3. The molecule has 1 N–H and O–H groups in total. The highest BCUT2D eigenvalue weighted by atomic mass is 19.4. The molecule has 0 radical (unpaired) electrons. The van der Waals surface area contributed by atoms with E-state index >= 15 is 0 Å². The number of nitrogens with zero attached hydrogens (tertiary/aromatic N) is 2. The molecule has 3 aromatic rings. The van der Waals surface area contributed by atoms with Crippen LogP contribution in [0.1, 0.15) is 18.2 Å². The normalized spacial score (nSPS) is 11.7. The summed E-state index contributed by atoms with van der Waals surface area (Å²) >= 11 is 0. The first-order chi connectivity index (χ1) is 15.3. The zero-order valence-electron chi connectivity index (χ0n) is 16.8. The number of hydrogen-bond acceptors (Lipinski definition) is 4. The molecule has 0 atom stereocenters. The van der Waals surface area contributed by atoms with Crippen molar-refractivity contribution in [3.05, 3.63) is 72.6 Å². The Labute approximate surface area is 183 Å². The average molecular weight is 471 g/mol. The van der Waals surface area contributed by atoms with E-state index in [9.17, 15) is 31.1 Å². The molecule has 0 aliphatic heterocycles. The minimum atomic E-state index is -5.01. The van der Waals surface area contributed by atoms with Crippen LogP contribution in [0.4, 0.5) is 36.8 Å². The Balaban J connectivity index is 1.88. The van der Waals surface area contributed by atoms with Crippen molar-refractivity contribution >= 4 is 17.4 Å². The zero-order valence-corrected chi connectivity index (χ0v) is 16.8. The van der Waals surface area contributed by atoms with E-state index in [-0.39, 0.29) is 11.4 Å². The molecule has 0 aliphatic carbocycles. The fraction of sp³-hybridized carbons (Fsp3) is 0.143. The molecule has 0 spiro atoms. The Morgan fingerprint density at radius 3 is 2.24 bits per heavy atom. The minimum absolute atomic E-state index is 0.236. The number of aromatic nitrogens is 2. The summed E-state index contributed by atoms with van der Waals surface area (Å²) in [6.07, 6.45) is -10.5. The number of rotatable bonds is 5. The number of hydrogen-bond donors (Lipinski definition) is 1. The van der Waals surface area contributed by atoms with Gasteiger partial charge in [-0.3, -0.25) is 5.32 Å². The molecule has 12 heteroatoms. The number of halogens is 6. The van der Waals surface area contributed by atoms with Gasteiger partial charge < -0.3 is 9.47 Å². The third-order valence-corrected chi connectivity index (χ3v) is 4.15. The van der Waals surface area contributed by atoms with E-state index in [1.54, 1.807) is 25.1 Å². The summed E-state index contributed by atoms with van der Waals surface area (Å²) in [4.78, 5) is 12.3. The fourth-order valence-corrected chi connectivity index (χ4v) is 2.85. The third kappa shape index (κ3) is 5.84. The van der Waals surface area contributed by atoms with Crippen LogP contribution in [0, 0.1) is 0 Å². The quantitative estimate of drug-likeness (QED) is 0.436. The van der Waals surface area contributed by atoms with Crippen molar-refractivity contribution in [1.29, 1.82) is 0 Å². The first kappa shape index (κ1) is 23.7. The van der Waals surface area contributed by atoms with Gasteiger partial charge in [0.2, 0.25) is 0 Å². The third-order valence-electron chi connectivity index (χ3n) is 4.15. The lowest BCUT2D eigenvalue weighted by Gasteiger charge is -2.14. The molecule has 2 aromatic carbocycles. The molecule has 174 valence electrons. The molecule has 0 aliphatic rings. The molecular weight excluding hydrogens is 456 g/mol. The van der Waals surface area contributed by atoms with Crippen LogP contribution in [0.2, 0.25) is 0 Å². The van der Waals surface area contributed by atoms with Gasteiger partial charge in [-0.25, -0.2) is 9.48 Å². The van der Waals surface area contributed by atoms with Crippen LogP contribution < -0.4 is 14.8 Å². The highest BCUT2D eigenvalue weighted by Crippen LogP contribution is 2.38. The maximum Gasteiger partial charge on any atom is 0.573 e. The standard InChI is InChI=1S/C21H15F6N3O3/c1-12(2)15-5-3-4-6-16(15)29-19(31)32-17-11-28-30(18(17)20(22,23)24)13-7-9-14(10-8-13)33-21(25,26)27/h3-11H,1H2,2H3,(H,29,31). The van der Waals surface area contributed by atoms with Crippen molar-refractivity contribution in [2.75, 3.05) is 5.32 Å². The van der Waals surface area contributed by atoms with Crippen LogP contribution in [0.25, 0.3) is 11.3 Å². The zero-order chi connectivity index (χ0) is 24.4. The maximum atomic E-state index is 13.7. The van der Waals surface area contributed by atoms with E-state index < -0.39 is 35.8 Å². The predicted octanol–water partition coefficient (Wildman–Crippen LogP) is 6.43. The summed E-state index contributed by atoms with van der Waals surface area (Å²) in [6.45, 7) is 5.44. The number of allylic oxidation sites excluding steroid dienone is 1. The Morgan fingerprint density at radius 1 is 1.03 bits per heavy atom. The van der Waals surface area contributed by atoms with Gasteiger partial charge in [-0.1, -0.05) is 24.8 Å². The SMILES string of the molecule is C=C(C)c1ccccc1NC(=O)Oc1cnn(-c2ccc(OC(F)(F)F)cc2)c1C(F)(F)F. The van der Waals surface area contributed by atoms with Gasteiger partial charge in [0.05, 0.1) is 17.6 Å². The first-order valence-corrected chi connectivity index (χ1v) is 9.10. The van der Waals surface area contributed by atoms with Crippen LogP contribution in [-0.2, 0) is 6.18 Å². The number of amides is 1. The highest BCUT2D eigenvalue weighted by molar-refractivity contribution is 5.90. The molecule has 0 fully saturated rings. The Morgan fingerprint density at radius 2 is 1.67 bits per heavy atom. The number of anilines is 1. The summed E-state index contributed by atoms with van der Waals surface area (Å²) in [5.41, 5.74) is -0.235.